The second-order valence-electron chi connectivity index (χ2n) is 4.19. The van der Waals surface area contributed by atoms with Crippen LogP contribution in [0.2, 0.25) is 0 Å². The summed E-state index contributed by atoms with van der Waals surface area (Å²) in [5.41, 5.74) is 1.54. The monoisotopic (exact) mass is 250 g/mol. The van der Waals surface area contributed by atoms with Gasteiger partial charge in [-0.15, -0.1) is 11.8 Å². The molecule has 0 heterocycles. The van der Waals surface area contributed by atoms with Crippen molar-refractivity contribution in [1.29, 1.82) is 5.26 Å². The van der Waals surface area contributed by atoms with Gasteiger partial charge >= 0.3 is 0 Å². The molecule has 1 aromatic rings. The molecule has 4 heteroatoms. The van der Waals surface area contributed by atoms with Crippen molar-refractivity contribution in [1.82, 2.24) is 4.90 Å². The van der Waals surface area contributed by atoms with Crippen molar-refractivity contribution in [2.45, 2.75) is 17.9 Å². The molecule has 0 aromatic heterocycles. The number of rotatable bonds is 5. The van der Waals surface area contributed by atoms with Crippen LogP contribution in [0.1, 0.15) is 24.2 Å². The van der Waals surface area contributed by atoms with Crippen molar-refractivity contribution in [3.63, 3.8) is 0 Å². The van der Waals surface area contributed by atoms with E-state index in [1.165, 1.54) is 0 Å². The minimum absolute atomic E-state index is 0.496. The van der Waals surface area contributed by atoms with Crippen LogP contribution in [0.4, 0.5) is 0 Å². The van der Waals surface area contributed by atoms with Crippen molar-refractivity contribution in [2.75, 3.05) is 26.4 Å². The highest BCUT2D eigenvalue weighted by atomic mass is 32.2. The van der Waals surface area contributed by atoms with Gasteiger partial charge in [0.25, 0.3) is 0 Å². The normalized spacial score (nSPS) is 12.5. The smallest absolute Gasteiger partial charge is 0.0992 e. The molecule has 0 saturated heterocycles. The topological polar surface area (TPSA) is 47.3 Å². The number of hydrogen-bond donors (Lipinski definition) is 1. The zero-order valence-corrected chi connectivity index (χ0v) is 11.3. The summed E-state index contributed by atoms with van der Waals surface area (Å²) in [4.78, 5) is 3.12. The van der Waals surface area contributed by atoms with Crippen molar-refractivity contribution in [2.24, 2.45) is 0 Å². The van der Waals surface area contributed by atoms with Crippen LogP contribution in [0, 0.1) is 11.3 Å². The molecule has 0 unspecified atom stereocenters. The summed E-state index contributed by atoms with van der Waals surface area (Å²) in [6, 6.07) is 7.56. The van der Waals surface area contributed by atoms with E-state index in [9.17, 15) is 5.11 Å². The van der Waals surface area contributed by atoms with Gasteiger partial charge in [0.15, 0.2) is 0 Å². The lowest BCUT2D eigenvalue weighted by atomic mass is 10.1. The first-order valence-corrected chi connectivity index (χ1v) is 6.52. The Kier molecular flexibility index (Phi) is 5.49. The van der Waals surface area contributed by atoms with E-state index >= 15 is 0 Å². The second-order valence-corrected chi connectivity index (χ2v) is 5.33. The molecule has 17 heavy (non-hydrogen) atoms. The van der Waals surface area contributed by atoms with Gasteiger partial charge in [0.05, 0.1) is 17.7 Å². The minimum atomic E-state index is -0.496. The van der Waals surface area contributed by atoms with Crippen molar-refractivity contribution in [3.8, 4) is 6.07 Å². The van der Waals surface area contributed by atoms with Crippen LogP contribution in [0.5, 0.6) is 0 Å². The lowest BCUT2D eigenvalue weighted by Gasteiger charge is -2.13. The Hall–Kier alpha value is -1.02. The fraction of sp³-hybridized carbons (Fsp3) is 0.462. The first-order chi connectivity index (χ1) is 8.04. The van der Waals surface area contributed by atoms with Gasteiger partial charge in [-0.05, 0) is 38.7 Å². The van der Waals surface area contributed by atoms with Crippen LogP contribution >= 0.6 is 11.8 Å². The van der Waals surface area contributed by atoms with Gasteiger partial charge in [-0.3, -0.25) is 0 Å². The first-order valence-electron chi connectivity index (χ1n) is 5.54. The predicted molar refractivity (Wildman–Crippen MR) is 71.1 cm³/mol. The van der Waals surface area contributed by atoms with Crippen molar-refractivity contribution < 1.29 is 5.11 Å². The molecule has 1 rings (SSSR count). The lowest BCUT2D eigenvalue weighted by Crippen LogP contribution is -2.14. The molecule has 0 spiro atoms. The van der Waals surface area contributed by atoms with Crippen LogP contribution in [-0.4, -0.2) is 36.4 Å². The summed E-state index contributed by atoms with van der Waals surface area (Å²) in [6.45, 7) is 2.72. The summed E-state index contributed by atoms with van der Waals surface area (Å²) in [5, 5.41) is 18.5. The van der Waals surface area contributed by atoms with Crippen molar-refractivity contribution >= 4 is 11.8 Å². The number of benzene rings is 1. The Bertz CT molecular complexity index is 410. The lowest BCUT2D eigenvalue weighted by molar-refractivity contribution is 0.196. The van der Waals surface area contributed by atoms with Crippen LogP contribution in [0.3, 0.4) is 0 Å². The standard InChI is InChI=1S/C13H18N2OS/c1-10(16)12-5-4-11(9-14)8-13(12)17-7-6-15(2)3/h4-5,8,10,16H,6-7H2,1-3H3/t10-/m1/s1. The molecule has 0 amide bonds. The SMILES string of the molecule is C[C@@H](O)c1ccc(C#N)cc1SCCN(C)C. The highest BCUT2D eigenvalue weighted by Gasteiger charge is 2.09. The molecule has 1 N–H and O–H groups in total. The molecule has 0 fully saturated rings. The van der Waals surface area contributed by atoms with Gasteiger partial charge < -0.3 is 10.0 Å². The maximum Gasteiger partial charge on any atom is 0.0992 e. The molecule has 0 radical (unpaired) electrons. The van der Waals surface area contributed by atoms with Crippen LogP contribution in [0.15, 0.2) is 23.1 Å². The number of aliphatic hydroxyl groups is 1. The molecule has 92 valence electrons. The average Bonchev–Trinajstić information content (AvgIpc) is 2.28. The van der Waals surface area contributed by atoms with Gasteiger partial charge in [-0.2, -0.15) is 5.26 Å². The van der Waals surface area contributed by atoms with E-state index in [1.807, 2.05) is 26.2 Å². The molecule has 0 saturated carbocycles. The second kappa shape index (κ2) is 6.65. The zero-order valence-electron chi connectivity index (χ0n) is 10.5. The van der Waals surface area contributed by atoms with Gasteiger partial charge in [-0.1, -0.05) is 6.07 Å². The maximum atomic E-state index is 9.67. The van der Waals surface area contributed by atoms with Gasteiger partial charge in [0, 0.05) is 17.2 Å². The van der Waals surface area contributed by atoms with E-state index in [-0.39, 0.29) is 0 Å². The fourth-order valence-corrected chi connectivity index (χ4v) is 2.70. The summed E-state index contributed by atoms with van der Waals surface area (Å²) < 4.78 is 0. The molecule has 0 aliphatic carbocycles. The maximum absolute atomic E-state index is 9.67. The Labute approximate surface area is 107 Å². The Morgan fingerprint density at radius 1 is 1.47 bits per heavy atom. The Balaban J connectivity index is 2.83. The first kappa shape index (κ1) is 14.0. The third-order valence-electron chi connectivity index (χ3n) is 2.39. The molecule has 0 bridgehead atoms. The fourth-order valence-electron chi connectivity index (χ4n) is 1.41. The van der Waals surface area contributed by atoms with Crippen molar-refractivity contribution in [3.05, 3.63) is 29.3 Å². The molecule has 1 aromatic carbocycles. The minimum Gasteiger partial charge on any atom is -0.389 e. The number of nitrogens with zero attached hydrogens (tertiary/aromatic N) is 2. The number of thioether (sulfide) groups is 1. The molecule has 0 aliphatic heterocycles. The third kappa shape index (κ3) is 4.39. The average molecular weight is 250 g/mol. The van der Waals surface area contributed by atoms with Gasteiger partial charge in [0.2, 0.25) is 0 Å². The number of aliphatic hydroxyl groups excluding tert-OH is 1. The van der Waals surface area contributed by atoms with E-state index < -0.39 is 6.10 Å². The molecular formula is C13H18N2OS. The molecular weight excluding hydrogens is 232 g/mol. The van der Waals surface area contributed by atoms with Crippen LogP contribution < -0.4 is 0 Å². The molecule has 1 atom stereocenters. The van der Waals surface area contributed by atoms with Crippen LogP contribution in [0.25, 0.3) is 0 Å². The molecule has 0 aliphatic rings. The third-order valence-corrected chi connectivity index (χ3v) is 3.44. The Morgan fingerprint density at radius 2 is 2.18 bits per heavy atom. The highest BCUT2D eigenvalue weighted by molar-refractivity contribution is 7.99. The van der Waals surface area contributed by atoms with E-state index in [4.69, 9.17) is 5.26 Å². The zero-order chi connectivity index (χ0) is 12.8. The number of nitriles is 1. The Morgan fingerprint density at radius 3 is 2.71 bits per heavy atom. The van der Waals surface area contributed by atoms with E-state index in [0.717, 1.165) is 22.8 Å². The van der Waals surface area contributed by atoms with E-state index in [1.54, 1.807) is 24.8 Å². The molecule has 3 nitrogen and oxygen atoms in total. The highest BCUT2D eigenvalue weighted by Crippen LogP contribution is 2.28. The largest absolute Gasteiger partial charge is 0.389 e. The van der Waals surface area contributed by atoms with E-state index in [2.05, 4.69) is 11.0 Å². The van der Waals surface area contributed by atoms with Crippen LogP contribution in [-0.2, 0) is 0 Å². The van der Waals surface area contributed by atoms with E-state index in [0.29, 0.717) is 5.56 Å². The van der Waals surface area contributed by atoms with Gasteiger partial charge in [0.1, 0.15) is 0 Å². The summed E-state index contributed by atoms with van der Waals surface area (Å²) in [7, 11) is 4.06. The number of hydrogen-bond acceptors (Lipinski definition) is 4. The summed E-state index contributed by atoms with van der Waals surface area (Å²) >= 11 is 1.68. The summed E-state index contributed by atoms with van der Waals surface area (Å²) in [5.74, 6) is 0.946. The summed E-state index contributed by atoms with van der Waals surface area (Å²) in [6.07, 6.45) is -0.496. The predicted octanol–water partition coefficient (Wildman–Crippen LogP) is 2.27. The van der Waals surface area contributed by atoms with Gasteiger partial charge in [-0.25, -0.2) is 0 Å². The quantitative estimate of drug-likeness (QED) is 0.814.